The van der Waals surface area contributed by atoms with Crippen LogP contribution in [-0.2, 0) is 0 Å². The number of fused-ring (bicyclic) bond motifs is 1. The molecule has 0 aliphatic carbocycles. The van der Waals surface area contributed by atoms with E-state index in [-0.39, 0.29) is 0 Å². The van der Waals surface area contributed by atoms with E-state index in [2.05, 4.69) is 49.4 Å². The van der Waals surface area contributed by atoms with E-state index in [1.807, 2.05) is 12.3 Å². The van der Waals surface area contributed by atoms with Gasteiger partial charge < -0.3 is 4.57 Å². The second-order valence-electron chi connectivity index (χ2n) is 4.60. The van der Waals surface area contributed by atoms with Gasteiger partial charge in [0.1, 0.15) is 5.65 Å². The fourth-order valence-electron chi connectivity index (χ4n) is 2.06. The van der Waals surface area contributed by atoms with Crippen molar-refractivity contribution in [2.45, 2.75) is 39.7 Å². The van der Waals surface area contributed by atoms with Crippen LogP contribution in [0.2, 0.25) is 0 Å². The number of hydrogen-bond donors (Lipinski definition) is 0. The van der Waals surface area contributed by atoms with Gasteiger partial charge in [0.25, 0.3) is 0 Å². The second-order valence-corrected chi connectivity index (χ2v) is 4.60. The van der Waals surface area contributed by atoms with Gasteiger partial charge in [-0.2, -0.15) is 0 Å². The Labute approximate surface area is 90.9 Å². The van der Waals surface area contributed by atoms with E-state index in [0.717, 1.165) is 5.65 Å². The molecule has 0 unspecified atom stereocenters. The lowest BCUT2D eigenvalue weighted by Crippen LogP contribution is -2.07. The standard InChI is InChI=1S/C13H18N2/c1-9(2)12-8-11-6-5-7-14-13(11)15(12)10(3)4/h5-10H,1-4H3. The molecule has 2 aromatic heterocycles. The minimum Gasteiger partial charge on any atom is -0.327 e. The number of rotatable bonds is 2. The van der Waals surface area contributed by atoms with Crippen molar-refractivity contribution < 1.29 is 0 Å². The van der Waals surface area contributed by atoms with Crippen LogP contribution in [0.3, 0.4) is 0 Å². The molecule has 2 aromatic rings. The van der Waals surface area contributed by atoms with E-state index >= 15 is 0 Å². The lowest BCUT2D eigenvalue weighted by Gasteiger charge is -2.15. The van der Waals surface area contributed by atoms with Gasteiger partial charge in [-0.1, -0.05) is 13.8 Å². The Morgan fingerprint density at radius 2 is 1.93 bits per heavy atom. The van der Waals surface area contributed by atoms with Crippen molar-refractivity contribution >= 4 is 11.0 Å². The number of pyridine rings is 1. The normalized spacial score (nSPS) is 11.9. The molecule has 2 heteroatoms. The van der Waals surface area contributed by atoms with Gasteiger partial charge in [-0.15, -0.1) is 0 Å². The third-order valence-corrected chi connectivity index (χ3v) is 2.73. The average molecular weight is 202 g/mol. The quantitative estimate of drug-likeness (QED) is 0.725. The van der Waals surface area contributed by atoms with E-state index in [9.17, 15) is 0 Å². The van der Waals surface area contributed by atoms with Gasteiger partial charge in [0.05, 0.1) is 0 Å². The Bertz CT molecular complexity index is 466. The van der Waals surface area contributed by atoms with Crippen LogP contribution in [-0.4, -0.2) is 9.55 Å². The number of nitrogens with zero attached hydrogens (tertiary/aromatic N) is 2. The smallest absolute Gasteiger partial charge is 0.140 e. The van der Waals surface area contributed by atoms with Crippen molar-refractivity contribution in [3.63, 3.8) is 0 Å². The molecule has 0 amide bonds. The molecule has 0 bridgehead atoms. The zero-order valence-corrected chi connectivity index (χ0v) is 9.86. The topological polar surface area (TPSA) is 17.8 Å². The minimum absolute atomic E-state index is 0.467. The lowest BCUT2D eigenvalue weighted by molar-refractivity contribution is 0.573. The maximum atomic E-state index is 4.47. The minimum atomic E-state index is 0.467. The molecule has 0 fully saturated rings. The maximum Gasteiger partial charge on any atom is 0.140 e. The van der Waals surface area contributed by atoms with E-state index in [1.54, 1.807) is 0 Å². The Morgan fingerprint density at radius 3 is 2.53 bits per heavy atom. The Morgan fingerprint density at radius 1 is 1.20 bits per heavy atom. The van der Waals surface area contributed by atoms with Crippen molar-refractivity contribution in [3.8, 4) is 0 Å². The Hall–Kier alpha value is -1.31. The van der Waals surface area contributed by atoms with Gasteiger partial charge in [0, 0.05) is 23.3 Å². The molecule has 15 heavy (non-hydrogen) atoms. The highest BCUT2D eigenvalue weighted by atomic mass is 15.1. The van der Waals surface area contributed by atoms with E-state index < -0.39 is 0 Å². The fourth-order valence-corrected chi connectivity index (χ4v) is 2.06. The van der Waals surface area contributed by atoms with E-state index in [1.165, 1.54) is 11.1 Å². The molecule has 2 heterocycles. The summed E-state index contributed by atoms with van der Waals surface area (Å²) >= 11 is 0. The first-order valence-corrected chi connectivity index (χ1v) is 5.57. The van der Waals surface area contributed by atoms with Crippen LogP contribution in [0.1, 0.15) is 45.3 Å². The third kappa shape index (κ3) is 1.65. The molecule has 2 rings (SSSR count). The summed E-state index contributed by atoms with van der Waals surface area (Å²) in [5.74, 6) is 0.543. The first kappa shape index (κ1) is 10.2. The van der Waals surface area contributed by atoms with Crippen LogP contribution in [0, 0.1) is 0 Å². The van der Waals surface area contributed by atoms with Crippen LogP contribution >= 0.6 is 0 Å². The van der Waals surface area contributed by atoms with Crippen LogP contribution in [0.5, 0.6) is 0 Å². The van der Waals surface area contributed by atoms with Crippen molar-refractivity contribution in [2.75, 3.05) is 0 Å². The van der Waals surface area contributed by atoms with Crippen molar-refractivity contribution in [3.05, 3.63) is 30.1 Å². The first-order valence-electron chi connectivity index (χ1n) is 5.57. The highest BCUT2D eigenvalue weighted by molar-refractivity contribution is 5.77. The van der Waals surface area contributed by atoms with Gasteiger partial charge in [0.15, 0.2) is 0 Å². The predicted molar refractivity (Wildman–Crippen MR) is 64.2 cm³/mol. The molecule has 0 radical (unpaired) electrons. The monoisotopic (exact) mass is 202 g/mol. The molecule has 80 valence electrons. The average Bonchev–Trinajstić information content (AvgIpc) is 2.56. The van der Waals surface area contributed by atoms with Crippen LogP contribution in [0.4, 0.5) is 0 Å². The van der Waals surface area contributed by atoms with Gasteiger partial charge in [0.2, 0.25) is 0 Å². The summed E-state index contributed by atoms with van der Waals surface area (Å²) in [6, 6.07) is 6.85. The van der Waals surface area contributed by atoms with E-state index in [4.69, 9.17) is 0 Å². The fraction of sp³-hybridized carbons (Fsp3) is 0.462. The molecular formula is C13H18N2. The molecule has 0 saturated carbocycles. The largest absolute Gasteiger partial charge is 0.327 e. The summed E-state index contributed by atoms with van der Waals surface area (Å²) in [5, 5.41) is 1.25. The number of aromatic nitrogens is 2. The van der Waals surface area contributed by atoms with Crippen LogP contribution in [0.15, 0.2) is 24.4 Å². The Balaban J connectivity index is 2.75. The molecule has 0 aliphatic heterocycles. The highest BCUT2D eigenvalue weighted by Crippen LogP contribution is 2.27. The SMILES string of the molecule is CC(C)c1cc2cccnc2n1C(C)C. The van der Waals surface area contributed by atoms with E-state index in [0.29, 0.717) is 12.0 Å². The molecule has 0 atom stereocenters. The summed E-state index contributed by atoms with van der Waals surface area (Å²) in [5.41, 5.74) is 2.48. The second kappa shape index (κ2) is 3.69. The molecule has 2 nitrogen and oxygen atoms in total. The summed E-state index contributed by atoms with van der Waals surface area (Å²) in [6.07, 6.45) is 1.87. The summed E-state index contributed by atoms with van der Waals surface area (Å²) < 4.78 is 2.33. The van der Waals surface area contributed by atoms with Gasteiger partial charge in [-0.05, 0) is 38.0 Å². The van der Waals surface area contributed by atoms with Gasteiger partial charge in [-0.3, -0.25) is 0 Å². The summed E-state index contributed by atoms with van der Waals surface area (Å²) in [6.45, 7) is 8.88. The lowest BCUT2D eigenvalue weighted by atomic mass is 10.1. The maximum absolute atomic E-state index is 4.47. The first-order chi connectivity index (χ1) is 7.11. The summed E-state index contributed by atoms with van der Waals surface area (Å²) in [4.78, 5) is 4.47. The number of hydrogen-bond acceptors (Lipinski definition) is 1. The van der Waals surface area contributed by atoms with Crippen molar-refractivity contribution in [2.24, 2.45) is 0 Å². The Kier molecular flexibility index (Phi) is 2.51. The van der Waals surface area contributed by atoms with Crippen molar-refractivity contribution in [1.82, 2.24) is 9.55 Å². The predicted octanol–water partition coefficient (Wildman–Crippen LogP) is 3.74. The van der Waals surface area contributed by atoms with Crippen LogP contribution < -0.4 is 0 Å². The zero-order valence-electron chi connectivity index (χ0n) is 9.86. The molecule has 0 N–H and O–H groups in total. The molecule has 0 aromatic carbocycles. The molecule has 0 aliphatic rings. The summed E-state index contributed by atoms with van der Waals surface area (Å²) in [7, 11) is 0. The van der Waals surface area contributed by atoms with Gasteiger partial charge in [-0.25, -0.2) is 4.98 Å². The highest BCUT2D eigenvalue weighted by Gasteiger charge is 2.13. The molecular weight excluding hydrogens is 184 g/mol. The van der Waals surface area contributed by atoms with Gasteiger partial charge >= 0.3 is 0 Å². The third-order valence-electron chi connectivity index (χ3n) is 2.73. The molecule has 0 spiro atoms. The zero-order chi connectivity index (χ0) is 11.0. The van der Waals surface area contributed by atoms with Crippen LogP contribution in [0.25, 0.3) is 11.0 Å². The van der Waals surface area contributed by atoms with Crippen molar-refractivity contribution in [1.29, 1.82) is 0 Å². The molecule has 0 saturated heterocycles.